The van der Waals surface area contributed by atoms with Crippen molar-refractivity contribution in [2.75, 3.05) is 6.54 Å². The molecule has 26 heavy (non-hydrogen) atoms. The molecule has 1 aliphatic carbocycles. The highest BCUT2D eigenvalue weighted by molar-refractivity contribution is 7.89. The largest absolute Gasteiger partial charge is 0.478 e. The van der Waals surface area contributed by atoms with Crippen LogP contribution < -0.4 is 4.72 Å². The minimum Gasteiger partial charge on any atom is -0.478 e. The van der Waals surface area contributed by atoms with Crippen molar-refractivity contribution in [2.45, 2.75) is 17.7 Å². The average Bonchev–Trinajstić information content (AvgIpc) is 3.01. The van der Waals surface area contributed by atoms with E-state index in [1.165, 1.54) is 17.7 Å². The number of sulfonamides is 1. The second kappa shape index (κ2) is 7.61. The smallest absolute Gasteiger partial charge is 0.328 e. The third kappa shape index (κ3) is 4.52. The van der Waals surface area contributed by atoms with Crippen LogP contribution in [0.5, 0.6) is 0 Å². The van der Waals surface area contributed by atoms with E-state index < -0.39 is 16.0 Å². The molecule has 0 fully saturated rings. The molecule has 0 aliphatic heterocycles. The maximum atomic E-state index is 12.4. The highest BCUT2D eigenvalue weighted by Gasteiger charge is 2.23. The van der Waals surface area contributed by atoms with E-state index in [4.69, 9.17) is 16.7 Å². The predicted octanol–water partition coefficient (Wildman–Crippen LogP) is 3.13. The maximum absolute atomic E-state index is 12.4. The molecule has 0 aromatic heterocycles. The van der Waals surface area contributed by atoms with Gasteiger partial charge in [0.25, 0.3) is 0 Å². The van der Waals surface area contributed by atoms with Crippen LogP contribution in [0.4, 0.5) is 0 Å². The summed E-state index contributed by atoms with van der Waals surface area (Å²) >= 11 is 5.79. The number of nitrogens with one attached hydrogen (secondary N) is 1. The molecule has 1 unspecified atom stereocenters. The van der Waals surface area contributed by atoms with Gasteiger partial charge in [0.1, 0.15) is 0 Å². The molecule has 0 amide bonds. The van der Waals surface area contributed by atoms with Crippen molar-refractivity contribution in [1.82, 2.24) is 4.72 Å². The van der Waals surface area contributed by atoms with E-state index >= 15 is 0 Å². The summed E-state index contributed by atoms with van der Waals surface area (Å²) in [5, 5.41) is 9.20. The van der Waals surface area contributed by atoms with Gasteiger partial charge in [-0.1, -0.05) is 29.8 Å². The van der Waals surface area contributed by atoms with Crippen LogP contribution in [0.25, 0.3) is 6.08 Å². The first-order valence-corrected chi connectivity index (χ1v) is 9.97. The van der Waals surface area contributed by atoms with E-state index in [2.05, 4.69) is 4.72 Å². The number of aliphatic carboxylic acids is 1. The summed E-state index contributed by atoms with van der Waals surface area (Å²) in [6.45, 7) is 0.347. The minimum atomic E-state index is -3.56. The molecule has 7 heteroatoms. The van der Waals surface area contributed by atoms with Crippen LogP contribution >= 0.6 is 11.6 Å². The number of halogens is 1. The van der Waals surface area contributed by atoms with E-state index in [1.807, 2.05) is 18.2 Å². The quantitative estimate of drug-likeness (QED) is 0.741. The summed E-state index contributed by atoms with van der Waals surface area (Å²) in [6.07, 6.45) is 4.21. The van der Waals surface area contributed by atoms with Gasteiger partial charge >= 0.3 is 5.97 Å². The number of hydrogen-bond donors (Lipinski definition) is 2. The molecule has 1 aliphatic rings. The van der Waals surface area contributed by atoms with Crippen LogP contribution in [-0.4, -0.2) is 26.0 Å². The van der Waals surface area contributed by atoms with Crippen LogP contribution in [0.3, 0.4) is 0 Å². The van der Waals surface area contributed by atoms with Gasteiger partial charge in [-0.25, -0.2) is 17.9 Å². The number of hydrogen-bond acceptors (Lipinski definition) is 3. The normalized spacial score (nSPS) is 16.7. The zero-order valence-corrected chi connectivity index (χ0v) is 15.4. The third-order valence-corrected chi connectivity index (χ3v) is 6.04. The zero-order valence-electron chi connectivity index (χ0n) is 13.9. The van der Waals surface area contributed by atoms with E-state index in [-0.39, 0.29) is 10.8 Å². The van der Waals surface area contributed by atoms with Crippen LogP contribution in [0.2, 0.25) is 5.02 Å². The van der Waals surface area contributed by atoms with Crippen molar-refractivity contribution in [3.8, 4) is 0 Å². The highest BCUT2D eigenvalue weighted by Crippen LogP contribution is 2.28. The standard InChI is InChI=1S/C19H18ClNO4S/c20-17-4-6-18(7-5-17)26(24,25)21-12-14-10-15-3-1-13(2-8-19(22)23)9-16(15)11-14/h1-9,14,21H,10-12H2,(H,22,23). The Labute approximate surface area is 157 Å². The van der Waals surface area contributed by atoms with Crippen LogP contribution in [0.1, 0.15) is 16.7 Å². The zero-order chi connectivity index (χ0) is 18.7. The molecular formula is C19H18ClNO4S. The number of rotatable bonds is 6. The van der Waals surface area contributed by atoms with Gasteiger partial charge < -0.3 is 5.11 Å². The molecule has 5 nitrogen and oxygen atoms in total. The molecule has 0 heterocycles. The third-order valence-electron chi connectivity index (χ3n) is 4.35. The lowest BCUT2D eigenvalue weighted by molar-refractivity contribution is -0.131. The molecule has 2 aromatic rings. The summed E-state index contributed by atoms with van der Waals surface area (Å²) in [6, 6.07) is 11.9. The average molecular weight is 392 g/mol. The minimum absolute atomic E-state index is 0.172. The van der Waals surface area contributed by atoms with Crippen molar-refractivity contribution >= 4 is 33.7 Å². The van der Waals surface area contributed by atoms with E-state index in [1.54, 1.807) is 18.2 Å². The van der Waals surface area contributed by atoms with Crippen LogP contribution in [0, 0.1) is 5.92 Å². The van der Waals surface area contributed by atoms with Crippen molar-refractivity contribution in [2.24, 2.45) is 5.92 Å². The van der Waals surface area contributed by atoms with Gasteiger partial charge in [0.2, 0.25) is 10.0 Å². The Hall–Kier alpha value is -2.15. The van der Waals surface area contributed by atoms with E-state index in [0.717, 1.165) is 30.0 Å². The summed E-state index contributed by atoms with van der Waals surface area (Å²) in [5.41, 5.74) is 3.13. The second-order valence-electron chi connectivity index (χ2n) is 6.28. The summed E-state index contributed by atoms with van der Waals surface area (Å²) in [5.74, 6) is -0.814. The Balaban J connectivity index is 1.63. The van der Waals surface area contributed by atoms with Gasteiger partial charge in [-0.2, -0.15) is 0 Å². The Morgan fingerprint density at radius 3 is 2.54 bits per heavy atom. The topological polar surface area (TPSA) is 83.5 Å². The Morgan fingerprint density at radius 1 is 1.15 bits per heavy atom. The van der Waals surface area contributed by atoms with Gasteiger partial charge in [0, 0.05) is 17.6 Å². The Morgan fingerprint density at radius 2 is 1.85 bits per heavy atom. The predicted molar refractivity (Wildman–Crippen MR) is 101 cm³/mol. The number of benzene rings is 2. The van der Waals surface area contributed by atoms with Crippen LogP contribution in [0.15, 0.2) is 53.4 Å². The van der Waals surface area contributed by atoms with E-state index in [9.17, 15) is 13.2 Å². The highest BCUT2D eigenvalue weighted by atomic mass is 35.5. The molecule has 0 saturated carbocycles. The van der Waals surface area contributed by atoms with Gasteiger partial charge in [-0.05, 0) is 65.8 Å². The number of fused-ring (bicyclic) bond motifs is 1. The number of carboxylic acid groups (broad SMARTS) is 1. The maximum Gasteiger partial charge on any atom is 0.328 e. The molecule has 2 N–H and O–H groups in total. The fraction of sp³-hybridized carbons (Fsp3) is 0.211. The Bertz CT molecular complexity index is 952. The first-order chi connectivity index (χ1) is 12.3. The summed E-state index contributed by atoms with van der Waals surface area (Å²) < 4.78 is 27.4. The van der Waals surface area contributed by atoms with Gasteiger partial charge in [0.05, 0.1) is 4.90 Å². The molecule has 0 spiro atoms. The Kier molecular flexibility index (Phi) is 5.46. The van der Waals surface area contributed by atoms with Crippen molar-refractivity contribution in [1.29, 1.82) is 0 Å². The molecule has 0 bridgehead atoms. The van der Waals surface area contributed by atoms with E-state index in [0.29, 0.717) is 11.6 Å². The van der Waals surface area contributed by atoms with Crippen LogP contribution in [-0.2, 0) is 27.7 Å². The molecule has 3 rings (SSSR count). The summed E-state index contributed by atoms with van der Waals surface area (Å²) in [4.78, 5) is 10.8. The van der Waals surface area contributed by atoms with Gasteiger partial charge in [-0.3, -0.25) is 0 Å². The van der Waals surface area contributed by atoms with Crippen molar-refractivity contribution in [3.63, 3.8) is 0 Å². The molecule has 2 aromatic carbocycles. The fourth-order valence-corrected chi connectivity index (χ4v) is 4.31. The first-order valence-electron chi connectivity index (χ1n) is 8.11. The number of carbonyl (C=O) groups is 1. The molecule has 0 saturated heterocycles. The fourth-order valence-electron chi connectivity index (χ4n) is 3.07. The first kappa shape index (κ1) is 18.6. The monoisotopic (exact) mass is 391 g/mol. The van der Waals surface area contributed by atoms with Gasteiger partial charge in [0.15, 0.2) is 0 Å². The lowest BCUT2D eigenvalue weighted by Crippen LogP contribution is -2.29. The van der Waals surface area contributed by atoms with Crippen molar-refractivity contribution < 1.29 is 18.3 Å². The molecule has 1 atom stereocenters. The molecular weight excluding hydrogens is 374 g/mol. The number of carboxylic acids is 1. The summed E-state index contributed by atoms with van der Waals surface area (Å²) in [7, 11) is -3.56. The van der Waals surface area contributed by atoms with Gasteiger partial charge in [-0.15, -0.1) is 0 Å². The lowest BCUT2D eigenvalue weighted by Gasteiger charge is -2.11. The SMILES string of the molecule is O=C(O)C=Cc1ccc2c(c1)CC(CNS(=O)(=O)c1ccc(Cl)cc1)C2. The van der Waals surface area contributed by atoms with Crippen molar-refractivity contribution in [3.05, 3.63) is 70.3 Å². The second-order valence-corrected chi connectivity index (χ2v) is 8.48. The molecule has 0 radical (unpaired) electrons. The lowest BCUT2D eigenvalue weighted by atomic mass is 10.1. The molecule has 136 valence electrons.